The zero-order valence-corrected chi connectivity index (χ0v) is 11.8. The van der Waals surface area contributed by atoms with Gasteiger partial charge in [-0.1, -0.05) is 13.3 Å². The Morgan fingerprint density at radius 1 is 1.33 bits per heavy atom. The summed E-state index contributed by atoms with van der Waals surface area (Å²) in [6, 6.07) is 3.37. The van der Waals surface area contributed by atoms with Crippen molar-refractivity contribution in [2.24, 2.45) is 5.73 Å². The number of unbranched alkanes of at least 4 members (excludes halogenated alkanes) is 1. The summed E-state index contributed by atoms with van der Waals surface area (Å²) in [5.41, 5.74) is 5.00. The topological polar surface area (TPSA) is 64.3 Å². The molecular formula is C14H19F3N2O2. The minimum Gasteiger partial charge on any atom is -0.449 e. The average Bonchev–Trinajstić information content (AvgIpc) is 2.38. The van der Waals surface area contributed by atoms with E-state index < -0.39 is 17.8 Å². The highest BCUT2D eigenvalue weighted by atomic mass is 19.4. The van der Waals surface area contributed by atoms with Crippen LogP contribution in [-0.2, 0) is 17.3 Å². The van der Waals surface area contributed by atoms with Crippen molar-refractivity contribution in [2.45, 2.75) is 32.4 Å². The van der Waals surface area contributed by atoms with Crippen LogP contribution in [0, 0.1) is 0 Å². The van der Waals surface area contributed by atoms with Crippen LogP contribution in [0.2, 0.25) is 0 Å². The summed E-state index contributed by atoms with van der Waals surface area (Å²) in [7, 11) is 0. The zero-order chi connectivity index (χ0) is 15.9. The smallest absolute Gasteiger partial charge is 0.416 e. The predicted octanol–water partition coefficient (Wildman–Crippen LogP) is 3.56. The maximum Gasteiger partial charge on any atom is 0.416 e. The molecule has 1 aromatic rings. The molecule has 0 fully saturated rings. The van der Waals surface area contributed by atoms with Gasteiger partial charge in [-0.05, 0) is 43.1 Å². The number of halogens is 3. The van der Waals surface area contributed by atoms with E-state index in [0.29, 0.717) is 18.4 Å². The summed E-state index contributed by atoms with van der Waals surface area (Å²) >= 11 is 0. The van der Waals surface area contributed by atoms with Crippen LogP contribution < -0.4 is 11.1 Å². The van der Waals surface area contributed by atoms with E-state index >= 15 is 0 Å². The van der Waals surface area contributed by atoms with Crippen LogP contribution in [0.5, 0.6) is 0 Å². The molecule has 4 nitrogen and oxygen atoms in total. The molecule has 0 heterocycles. The lowest BCUT2D eigenvalue weighted by molar-refractivity contribution is -0.137. The number of nitrogens with two attached hydrogens (primary N) is 1. The van der Waals surface area contributed by atoms with Crippen molar-refractivity contribution < 1.29 is 22.7 Å². The van der Waals surface area contributed by atoms with Gasteiger partial charge in [0.2, 0.25) is 0 Å². The van der Waals surface area contributed by atoms with E-state index in [1.807, 2.05) is 6.92 Å². The SMILES string of the molecule is CCCCOC(=O)Nc1cc(CCN)cc(C(F)(F)F)c1. The fourth-order valence-corrected chi connectivity index (χ4v) is 1.70. The van der Waals surface area contributed by atoms with Gasteiger partial charge in [0.25, 0.3) is 0 Å². The van der Waals surface area contributed by atoms with Gasteiger partial charge in [0.05, 0.1) is 12.2 Å². The minimum absolute atomic E-state index is 0.0507. The number of nitrogens with one attached hydrogen (secondary N) is 1. The van der Waals surface area contributed by atoms with Gasteiger partial charge in [0, 0.05) is 5.69 Å². The molecule has 1 amide bonds. The Balaban J connectivity index is 2.85. The van der Waals surface area contributed by atoms with E-state index in [1.165, 1.54) is 6.07 Å². The second-order valence-electron chi connectivity index (χ2n) is 4.57. The van der Waals surface area contributed by atoms with E-state index in [-0.39, 0.29) is 18.8 Å². The van der Waals surface area contributed by atoms with Crippen molar-refractivity contribution >= 4 is 11.8 Å². The van der Waals surface area contributed by atoms with Crippen molar-refractivity contribution in [1.29, 1.82) is 0 Å². The first-order chi connectivity index (χ1) is 9.86. The highest BCUT2D eigenvalue weighted by molar-refractivity contribution is 5.84. The summed E-state index contributed by atoms with van der Waals surface area (Å²) in [6.45, 7) is 2.39. The van der Waals surface area contributed by atoms with Crippen molar-refractivity contribution in [3.63, 3.8) is 0 Å². The fraction of sp³-hybridized carbons (Fsp3) is 0.500. The highest BCUT2D eigenvalue weighted by Crippen LogP contribution is 2.32. The summed E-state index contributed by atoms with van der Waals surface area (Å²) in [6.07, 6.45) is -3.38. The average molecular weight is 304 g/mol. The molecule has 3 N–H and O–H groups in total. The molecule has 0 saturated heterocycles. The number of hydrogen-bond donors (Lipinski definition) is 2. The summed E-state index contributed by atoms with van der Waals surface area (Å²) in [4.78, 5) is 11.5. The third-order valence-corrected chi connectivity index (χ3v) is 2.73. The van der Waals surface area contributed by atoms with Crippen LogP contribution in [0.25, 0.3) is 0 Å². The monoisotopic (exact) mass is 304 g/mol. The van der Waals surface area contributed by atoms with Gasteiger partial charge in [0.15, 0.2) is 0 Å². The van der Waals surface area contributed by atoms with E-state index in [4.69, 9.17) is 10.5 Å². The van der Waals surface area contributed by atoms with Crippen LogP contribution in [-0.4, -0.2) is 19.2 Å². The molecule has 0 aromatic heterocycles. The van der Waals surface area contributed by atoms with Gasteiger partial charge in [-0.15, -0.1) is 0 Å². The molecule has 21 heavy (non-hydrogen) atoms. The number of carbonyl (C=O) groups excluding carboxylic acids is 1. The lowest BCUT2D eigenvalue weighted by atomic mass is 10.1. The molecule has 0 bridgehead atoms. The van der Waals surface area contributed by atoms with Crippen LogP contribution in [0.4, 0.5) is 23.7 Å². The van der Waals surface area contributed by atoms with Crippen LogP contribution in [0.1, 0.15) is 30.9 Å². The quantitative estimate of drug-likeness (QED) is 0.790. The Morgan fingerprint density at radius 3 is 2.62 bits per heavy atom. The van der Waals surface area contributed by atoms with Crippen molar-refractivity contribution in [3.05, 3.63) is 29.3 Å². The van der Waals surface area contributed by atoms with Gasteiger partial charge >= 0.3 is 12.3 Å². The fourth-order valence-electron chi connectivity index (χ4n) is 1.70. The Labute approximate surface area is 121 Å². The second-order valence-corrected chi connectivity index (χ2v) is 4.57. The van der Waals surface area contributed by atoms with Crippen molar-refractivity contribution in [3.8, 4) is 0 Å². The first kappa shape index (κ1) is 17.3. The second kappa shape index (κ2) is 7.87. The molecule has 0 aliphatic heterocycles. The van der Waals surface area contributed by atoms with Gasteiger partial charge in [0.1, 0.15) is 0 Å². The van der Waals surface area contributed by atoms with Gasteiger partial charge < -0.3 is 10.5 Å². The molecule has 0 saturated carbocycles. The van der Waals surface area contributed by atoms with E-state index in [9.17, 15) is 18.0 Å². The number of ether oxygens (including phenoxy) is 1. The molecule has 0 spiro atoms. The maximum absolute atomic E-state index is 12.8. The number of alkyl halides is 3. The molecule has 7 heteroatoms. The van der Waals surface area contributed by atoms with Gasteiger partial charge in [-0.3, -0.25) is 5.32 Å². The molecule has 0 atom stereocenters. The van der Waals surface area contributed by atoms with E-state index in [0.717, 1.165) is 18.6 Å². The first-order valence-electron chi connectivity index (χ1n) is 6.71. The number of benzene rings is 1. The van der Waals surface area contributed by atoms with Gasteiger partial charge in [-0.2, -0.15) is 13.2 Å². The standard InChI is InChI=1S/C14H19F3N2O2/c1-2-3-6-21-13(20)19-12-8-10(4-5-18)7-11(9-12)14(15,16)17/h7-9H,2-6,18H2,1H3,(H,19,20). The molecule has 0 radical (unpaired) electrons. The normalized spacial score (nSPS) is 11.3. The van der Waals surface area contributed by atoms with Crippen LogP contribution >= 0.6 is 0 Å². The molecule has 0 aliphatic rings. The van der Waals surface area contributed by atoms with E-state index in [2.05, 4.69) is 5.32 Å². The van der Waals surface area contributed by atoms with Gasteiger partial charge in [-0.25, -0.2) is 4.79 Å². The molecule has 1 rings (SSSR count). The van der Waals surface area contributed by atoms with Crippen molar-refractivity contribution in [1.82, 2.24) is 0 Å². The Kier molecular flexibility index (Phi) is 6.48. The van der Waals surface area contributed by atoms with Crippen LogP contribution in [0.15, 0.2) is 18.2 Å². The Bertz CT molecular complexity index is 476. The Morgan fingerprint density at radius 2 is 2.05 bits per heavy atom. The zero-order valence-electron chi connectivity index (χ0n) is 11.8. The largest absolute Gasteiger partial charge is 0.449 e. The summed E-state index contributed by atoms with van der Waals surface area (Å²) < 4.78 is 43.3. The molecule has 0 aliphatic carbocycles. The minimum atomic E-state index is -4.48. The molecule has 0 unspecified atom stereocenters. The summed E-state index contributed by atoms with van der Waals surface area (Å²) in [5, 5.41) is 2.31. The third-order valence-electron chi connectivity index (χ3n) is 2.73. The maximum atomic E-state index is 12.8. The number of amides is 1. The summed E-state index contributed by atoms with van der Waals surface area (Å²) in [5.74, 6) is 0. The first-order valence-corrected chi connectivity index (χ1v) is 6.71. The number of anilines is 1. The highest BCUT2D eigenvalue weighted by Gasteiger charge is 2.31. The lowest BCUT2D eigenvalue weighted by Crippen LogP contribution is -2.16. The lowest BCUT2D eigenvalue weighted by Gasteiger charge is -2.13. The predicted molar refractivity (Wildman–Crippen MR) is 74.1 cm³/mol. The Hall–Kier alpha value is -1.76. The molecule has 1 aromatic carbocycles. The molecular weight excluding hydrogens is 285 g/mol. The molecule has 118 valence electrons. The van der Waals surface area contributed by atoms with Crippen LogP contribution in [0.3, 0.4) is 0 Å². The number of carbonyl (C=O) groups is 1. The van der Waals surface area contributed by atoms with E-state index in [1.54, 1.807) is 0 Å². The number of hydrogen-bond acceptors (Lipinski definition) is 3. The van der Waals surface area contributed by atoms with Crippen molar-refractivity contribution in [2.75, 3.05) is 18.5 Å². The third kappa shape index (κ3) is 6.03. The number of rotatable bonds is 6.